The highest BCUT2D eigenvalue weighted by atomic mass is 32.1. The molecule has 0 radical (unpaired) electrons. The van der Waals surface area contributed by atoms with Crippen LogP contribution in [-0.2, 0) is 5.41 Å². The minimum Gasteiger partial charge on any atom is -0.387 e. The van der Waals surface area contributed by atoms with Gasteiger partial charge in [-0.25, -0.2) is 9.97 Å². The fourth-order valence-electron chi connectivity index (χ4n) is 1.68. The van der Waals surface area contributed by atoms with Crippen LogP contribution in [0.25, 0.3) is 0 Å². The van der Waals surface area contributed by atoms with E-state index in [0.717, 1.165) is 5.56 Å². The molecule has 2 aromatic heterocycles. The number of aliphatic hydroxyl groups is 1. The molecule has 0 aromatic carbocycles. The van der Waals surface area contributed by atoms with E-state index in [0.29, 0.717) is 24.0 Å². The van der Waals surface area contributed by atoms with E-state index in [-0.39, 0.29) is 5.41 Å². The van der Waals surface area contributed by atoms with Crippen molar-refractivity contribution in [2.45, 2.75) is 32.3 Å². The predicted molar refractivity (Wildman–Crippen MR) is 82.9 cm³/mol. The maximum Gasteiger partial charge on any atom is 0.138 e. The zero-order chi connectivity index (χ0) is 14.8. The van der Waals surface area contributed by atoms with Gasteiger partial charge in [0, 0.05) is 18.0 Å². The van der Waals surface area contributed by atoms with Crippen LogP contribution in [0.2, 0.25) is 0 Å². The minimum atomic E-state index is -0.560. The molecule has 0 bridgehead atoms. The summed E-state index contributed by atoms with van der Waals surface area (Å²) in [6.07, 6.45) is -0.560. The normalized spacial score (nSPS) is 13.2. The summed E-state index contributed by atoms with van der Waals surface area (Å²) in [4.78, 5) is 8.70. The third-order valence-corrected chi connectivity index (χ3v) is 3.52. The van der Waals surface area contributed by atoms with Crippen molar-refractivity contribution in [3.05, 3.63) is 34.3 Å². The molecule has 2 rings (SSSR count). The number of nitrogens with zero attached hydrogens (tertiary/aromatic N) is 2. The average molecular weight is 292 g/mol. The Kier molecular flexibility index (Phi) is 4.25. The van der Waals surface area contributed by atoms with E-state index in [9.17, 15) is 5.11 Å². The standard InChI is InChI=1S/C14H20N4OS/c1-14(2,3)13-17-11(15)6-12(18-13)16-7-10(19)9-4-5-20-8-9/h4-6,8,10,19H,7H2,1-3H3,(H3,15,16,17,18). The van der Waals surface area contributed by atoms with Crippen LogP contribution < -0.4 is 11.1 Å². The van der Waals surface area contributed by atoms with Crippen LogP contribution in [0, 0.1) is 0 Å². The van der Waals surface area contributed by atoms with E-state index < -0.39 is 6.10 Å². The Morgan fingerprint density at radius 3 is 2.75 bits per heavy atom. The van der Waals surface area contributed by atoms with Gasteiger partial charge in [-0.15, -0.1) is 0 Å². The molecule has 20 heavy (non-hydrogen) atoms. The Morgan fingerprint density at radius 1 is 1.40 bits per heavy atom. The number of nitrogens with one attached hydrogen (secondary N) is 1. The first-order valence-corrected chi connectivity index (χ1v) is 7.39. The Morgan fingerprint density at radius 2 is 2.15 bits per heavy atom. The second-order valence-electron chi connectivity index (χ2n) is 5.71. The number of aromatic nitrogens is 2. The first-order valence-electron chi connectivity index (χ1n) is 6.45. The number of rotatable bonds is 4. The van der Waals surface area contributed by atoms with E-state index in [2.05, 4.69) is 15.3 Å². The highest BCUT2D eigenvalue weighted by Gasteiger charge is 2.19. The fourth-order valence-corrected chi connectivity index (χ4v) is 2.38. The Bertz CT molecular complexity index is 563. The Balaban J connectivity index is 2.08. The van der Waals surface area contributed by atoms with Crippen molar-refractivity contribution < 1.29 is 5.11 Å². The molecule has 108 valence electrons. The van der Waals surface area contributed by atoms with Crippen molar-refractivity contribution in [3.8, 4) is 0 Å². The molecule has 0 aliphatic heterocycles. The number of thiophene rings is 1. The van der Waals surface area contributed by atoms with Crippen LogP contribution in [-0.4, -0.2) is 21.6 Å². The molecule has 1 atom stereocenters. The monoisotopic (exact) mass is 292 g/mol. The summed E-state index contributed by atoms with van der Waals surface area (Å²) in [5, 5.41) is 17.0. The largest absolute Gasteiger partial charge is 0.387 e. The van der Waals surface area contributed by atoms with Crippen LogP contribution in [0.15, 0.2) is 22.9 Å². The lowest BCUT2D eigenvalue weighted by Crippen LogP contribution is -2.19. The number of anilines is 2. The van der Waals surface area contributed by atoms with Crippen LogP contribution in [0.4, 0.5) is 11.6 Å². The van der Waals surface area contributed by atoms with Crippen molar-refractivity contribution in [1.82, 2.24) is 9.97 Å². The van der Waals surface area contributed by atoms with Crippen molar-refractivity contribution in [3.63, 3.8) is 0 Å². The topological polar surface area (TPSA) is 84.1 Å². The molecule has 5 nitrogen and oxygen atoms in total. The summed E-state index contributed by atoms with van der Waals surface area (Å²) < 4.78 is 0. The lowest BCUT2D eigenvalue weighted by molar-refractivity contribution is 0.192. The Labute approximate surface area is 122 Å². The van der Waals surface area contributed by atoms with E-state index in [1.807, 2.05) is 37.6 Å². The summed E-state index contributed by atoms with van der Waals surface area (Å²) in [5.41, 5.74) is 6.54. The molecule has 1 unspecified atom stereocenters. The first-order chi connectivity index (χ1) is 9.36. The molecule has 2 aromatic rings. The van der Waals surface area contributed by atoms with Gasteiger partial charge in [0.25, 0.3) is 0 Å². The van der Waals surface area contributed by atoms with Gasteiger partial charge in [0.2, 0.25) is 0 Å². The van der Waals surface area contributed by atoms with Crippen molar-refractivity contribution >= 4 is 23.0 Å². The molecule has 0 amide bonds. The van der Waals surface area contributed by atoms with E-state index in [1.165, 1.54) is 0 Å². The fraction of sp³-hybridized carbons (Fsp3) is 0.429. The molecule has 6 heteroatoms. The zero-order valence-corrected chi connectivity index (χ0v) is 12.7. The molecule has 0 saturated carbocycles. The van der Waals surface area contributed by atoms with Gasteiger partial charge in [0.05, 0.1) is 6.10 Å². The average Bonchev–Trinajstić information content (AvgIpc) is 2.88. The van der Waals surface area contributed by atoms with Gasteiger partial charge < -0.3 is 16.2 Å². The third kappa shape index (κ3) is 3.68. The van der Waals surface area contributed by atoms with E-state index in [1.54, 1.807) is 17.4 Å². The lowest BCUT2D eigenvalue weighted by Gasteiger charge is -2.18. The smallest absolute Gasteiger partial charge is 0.138 e. The van der Waals surface area contributed by atoms with Gasteiger partial charge in [-0.05, 0) is 22.4 Å². The van der Waals surface area contributed by atoms with Gasteiger partial charge in [-0.1, -0.05) is 20.8 Å². The summed E-state index contributed by atoms with van der Waals surface area (Å²) in [7, 11) is 0. The van der Waals surface area contributed by atoms with Gasteiger partial charge in [-0.3, -0.25) is 0 Å². The summed E-state index contributed by atoms with van der Waals surface area (Å²) in [5.74, 6) is 1.75. The number of aliphatic hydroxyl groups excluding tert-OH is 1. The molecular weight excluding hydrogens is 272 g/mol. The molecule has 0 aliphatic carbocycles. The maximum atomic E-state index is 10.0. The van der Waals surface area contributed by atoms with Crippen LogP contribution in [0.3, 0.4) is 0 Å². The van der Waals surface area contributed by atoms with Gasteiger partial charge >= 0.3 is 0 Å². The molecule has 2 heterocycles. The van der Waals surface area contributed by atoms with Gasteiger partial charge in [0.1, 0.15) is 17.5 Å². The van der Waals surface area contributed by atoms with Gasteiger partial charge in [0.15, 0.2) is 0 Å². The van der Waals surface area contributed by atoms with Crippen LogP contribution in [0.5, 0.6) is 0 Å². The SMILES string of the molecule is CC(C)(C)c1nc(N)cc(NCC(O)c2ccsc2)n1. The third-order valence-electron chi connectivity index (χ3n) is 2.82. The van der Waals surface area contributed by atoms with Crippen molar-refractivity contribution in [2.24, 2.45) is 0 Å². The van der Waals surface area contributed by atoms with Crippen LogP contribution in [0.1, 0.15) is 38.3 Å². The quantitative estimate of drug-likeness (QED) is 0.806. The molecule has 0 spiro atoms. The molecule has 0 aliphatic rings. The maximum absolute atomic E-state index is 10.0. The lowest BCUT2D eigenvalue weighted by atomic mass is 9.96. The minimum absolute atomic E-state index is 0.169. The molecule has 4 N–H and O–H groups in total. The van der Waals surface area contributed by atoms with Crippen LogP contribution >= 0.6 is 11.3 Å². The molecule has 0 saturated heterocycles. The number of nitrogen functional groups attached to an aromatic ring is 1. The number of hydrogen-bond donors (Lipinski definition) is 3. The molecular formula is C14H20N4OS. The first kappa shape index (κ1) is 14.7. The summed E-state index contributed by atoms with van der Waals surface area (Å²) in [6.45, 7) is 6.49. The summed E-state index contributed by atoms with van der Waals surface area (Å²) >= 11 is 1.56. The number of hydrogen-bond acceptors (Lipinski definition) is 6. The zero-order valence-electron chi connectivity index (χ0n) is 11.9. The van der Waals surface area contributed by atoms with Gasteiger partial charge in [-0.2, -0.15) is 11.3 Å². The summed E-state index contributed by atoms with van der Waals surface area (Å²) in [6, 6.07) is 3.58. The van der Waals surface area contributed by atoms with Crippen molar-refractivity contribution in [2.75, 3.05) is 17.6 Å². The second-order valence-corrected chi connectivity index (χ2v) is 6.49. The predicted octanol–water partition coefficient (Wildman–Crippen LogP) is 2.56. The van der Waals surface area contributed by atoms with E-state index in [4.69, 9.17) is 5.73 Å². The number of nitrogens with two attached hydrogens (primary N) is 1. The molecule has 0 fully saturated rings. The highest BCUT2D eigenvalue weighted by molar-refractivity contribution is 7.07. The highest BCUT2D eigenvalue weighted by Crippen LogP contribution is 2.22. The second kappa shape index (κ2) is 5.76. The Hall–Kier alpha value is -1.66. The van der Waals surface area contributed by atoms with Crippen molar-refractivity contribution in [1.29, 1.82) is 0 Å². The van der Waals surface area contributed by atoms with E-state index >= 15 is 0 Å².